The van der Waals surface area contributed by atoms with Gasteiger partial charge in [-0.15, -0.1) is 18.3 Å². The van der Waals surface area contributed by atoms with Crippen LogP contribution in [0.4, 0.5) is 13.2 Å². The number of alkyl halides is 3. The third kappa shape index (κ3) is 4.74. The van der Waals surface area contributed by atoms with Crippen LogP contribution in [0.25, 0.3) is 16.8 Å². The van der Waals surface area contributed by atoms with Gasteiger partial charge >= 0.3 is 6.36 Å². The van der Waals surface area contributed by atoms with Crippen molar-refractivity contribution in [3.05, 3.63) is 60.7 Å². The maximum absolute atomic E-state index is 12.7. The van der Waals surface area contributed by atoms with Gasteiger partial charge in [0.15, 0.2) is 0 Å². The van der Waals surface area contributed by atoms with Crippen LogP contribution in [-0.4, -0.2) is 45.0 Å². The molecule has 0 unspecified atom stereocenters. The lowest BCUT2D eigenvalue weighted by atomic mass is 10.0. The number of halogens is 3. The van der Waals surface area contributed by atoms with Crippen molar-refractivity contribution in [2.75, 3.05) is 13.1 Å². The largest absolute Gasteiger partial charge is 0.573 e. The number of carbonyl (C=O) groups is 1. The second-order valence-corrected chi connectivity index (χ2v) is 6.08. The molecule has 1 heterocycles. The van der Waals surface area contributed by atoms with Crippen molar-refractivity contribution in [1.82, 2.24) is 19.7 Å². The Labute approximate surface area is 165 Å². The number of carbonyl (C=O) groups excluding carboxylic acids is 1. The van der Waals surface area contributed by atoms with Crippen LogP contribution in [0, 0.1) is 0 Å². The molecule has 9 heteroatoms. The third-order valence-corrected chi connectivity index (χ3v) is 4.27. The molecule has 0 saturated heterocycles. The van der Waals surface area contributed by atoms with Gasteiger partial charge in [-0.25, -0.2) is 9.67 Å². The van der Waals surface area contributed by atoms with Crippen molar-refractivity contribution in [2.24, 2.45) is 0 Å². The lowest BCUT2D eigenvalue weighted by molar-refractivity contribution is -0.274. The van der Waals surface area contributed by atoms with Gasteiger partial charge in [-0.2, -0.15) is 0 Å². The van der Waals surface area contributed by atoms with Gasteiger partial charge < -0.3 is 9.64 Å². The van der Waals surface area contributed by atoms with E-state index in [-0.39, 0.29) is 23.0 Å². The van der Waals surface area contributed by atoms with Crippen LogP contribution in [0.2, 0.25) is 0 Å². The van der Waals surface area contributed by atoms with E-state index in [1.54, 1.807) is 35.2 Å². The molecule has 0 atom stereocenters. The number of benzene rings is 2. The lowest BCUT2D eigenvalue weighted by Gasteiger charge is -2.16. The van der Waals surface area contributed by atoms with Crippen LogP contribution in [0.5, 0.6) is 5.75 Å². The summed E-state index contributed by atoms with van der Waals surface area (Å²) in [7, 11) is 0. The van der Waals surface area contributed by atoms with Gasteiger partial charge in [0.1, 0.15) is 12.1 Å². The maximum atomic E-state index is 12.7. The highest BCUT2D eigenvalue weighted by molar-refractivity contribution is 5.90. The van der Waals surface area contributed by atoms with Gasteiger partial charge in [-0.05, 0) is 37.6 Å². The Balaban J connectivity index is 1.93. The van der Waals surface area contributed by atoms with Crippen LogP contribution >= 0.6 is 0 Å². The second kappa shape index (κ2) is 8.34. The molecule has 1 amide bonds. The Morgan fingerprint density at radius 2 is 1.83 bits per heavy atom. The SMILES string of the molecule is CCN(CC)C(=O)c1ncn(-c2cccc(-c3ccccc3OC(F)(F)F)c2)n1. The van der Waals surface area contributed by atoms with Gasteiger partial charge in [0, 0.05) is 18.7 Å². The van der Waals surface area contributed by atoms with E-state index >= 15 is 0 Å². The molecule has 1 aromatic heterocycles. The fourth-order valence-corrected chi connectivity index (χ4v) is 2.87. The molecular formula is C20H19F3N4O2. The first-order valence-electron chi connectivity index (χ1n) is 8.99. The van der Waals surface area contributed by atoms with Gasteiger partial charge in [0.05, 0.1) is 5.69 Å². The van der Waals surface area contributed by atoms with Gasteiger partial charge in [0.25, 0.3) is 5.91 Å². The van der Waals surface area contributed by atoms with E-state index in [0.29, 0.717) is 24.3 Å². The molecule has 152 valence electrons. The van der Waals surface area contributed by atoms with Gasteiger partial charge in [-0.3, -0.25) is 4.79 Å². The zero-order valence-corrected chi connectivity index (χ0v) is 15.8. The number of hydrogen-bond donors (Lipinski definition) is 0. The van der Waals surface area contributed by atoms with Crippen molar-refractivity contribution >= 4 is 5.91 Å². The summed E-state index contributed by atoms with van der Waals surface area (Å²) in [5, 5.41) is 4.22. The number of aromatic nitrogens is 3. The average Bonchev–Trinajstić information content (AvgIpc) is 3.18. The number of hydrogen-bond acceptors (Lipinski definition) is 4. The molecule has 2 aromatic carbocycles. The summed E-state index contributed by atoms with van der Waals surface area (Å²) < 4.78 is 43.7. The minimum Gasteiger partial charge on any atom is -0.405 e. The van der Waals surface area contributed by atoms with E-state index in [2.05, 4.69) is 14.8 Å². The molecule has 0 aliphatic heterocycles. The van der Waals surface area contributed by atoms with Crippen LogP contribution in [0.1, 0.15) is 24.5 Å². The number of ether oxygens (including phenoxy) is 1. The van der Waals surface area contributed by atoms with Gasteiger partial charge in [0.2, 0.25) is 5.82 Å². The minimum atomic E-state index is -4.79. The highest BCUT2D eigenvalue weighted by Crippen LogP contribution is 2.34. The molecule has 29 heavy (non-hydrogen) atoms. The van der Waals surface area contributed by atoms with Crippen LogP contribution < -0.4 is 4.74 Å². The first-order chi connectivity index (χ1) is 13.8. The normalized spacial score (nSPS) is 11.3. The second-order valence-electron chi connectivity index (χ2n) is 6.08. The van der Waals surface area contributed by atoms with E-state index in [1.165, 1.54) is 29.2 Å². The zero-order valence-electron chi connectivity index (χ0n) is 15.8. The zero-order chi connectivity index (χ0) is 21.0. The Bertz CT molecular complexity index is 997. The predicted octanol–water partition coefficient (Wildman–Crippen LogP) is 4.31. The number of para-hydroxylation sites is 1. The van der Waals surface area contributed by atoms with E-state index < -0.39 is 6.36 Å². The molecule has 0 N–H and O–H groups in total. The molecule has 0 bridgehead atoms. The molecule has 6 nitrogen and oxygen atoms in total. The van der Waals surface area contributed by atoms with Crippen molar-refractivity contribution < 1.29 is 22.7 Å². The number of amides is 1. The number of rotatable bonds is 6. The van der Waals surface area contributed by atoms with Crippen LogP contribution in [0.15, 0.2) is 54.9 Å². The summed E-state index contributed by atoms with van der Waals surface area (Å²) >= 11 is 0. The molecule has 3 rings (SSSR count). The predicted molar refractivity (Wildman–Crippen MR) is 101 cm³/mol. The molecule has 3 aromatic rings. The summed E-state index contributed by atoms with van der Waals surface area (Å²) in [4.78, 5) is 18.0. The molecule has 0 radical (unpaired) electrons. The quantitative estimate of drug-likeness (QED) is 0.614. The number of nitrogens with zero attached hydrogens (tertiary/aromatic N) is 4. The molecule has 0 spiro atoms. The lowest BCUT2D eigenvalue weighted by Crippen LogP contribution is -2.31. The third-order valence-electron chi connectivity index (χ3n) is 4.27. The monoisotopic (exact) mass is 404 g/mol. The van der Waals surface area contributed by atoms with Crippen molar-refractivity contribution in [3.8, 4) is 22.6 Å². The van der Waals surface area contributed by atoms with E-state index in [0.717, 1.165) is 0 Å². The molecular weight excluding hydrogens is 385 g/mol. The smallest absolute Gasteiger partial charge is 0.405 e. The highest BCUT2D eigenvalue weighted by atomic mass is 19.4. The fourth-order valence-electron chi connectivity index (χ4n) is 2.87. The maximum Gasteiger partial charge on any atom is 0.573 e. The first kappa shape index (κ1) is 20.4. The van der Waals surface area contributed by atoms with Crippen LogP contribution in [0.3, 0.4) is 0 Å². The minimum absolute atomic E-state index is 0.0555. The van der Waals surface area contributed by atoms with Crippen molar-refractivity contribution in [1.29, 1.82) is 0 Å². The summed E-state index contributed by atoms with van der Waals surface area (Å²) in [5.74, 6) is -0.526. The van der Waals surface area contributed by atoms with E-state index in [9.17, 15) is 18.0 Å². The summed E-state index contributed by atoms with van der Waals surface area (Å²) in [6.07, 6.45) is -3.40. The Morgan fingerprint density at radius 1 is 1.10 bits per heavy atom. The highest BCUT2D eigenvalue weighted by Gasteiger charge is 2.32. The summed E-state index contributed by atoms with van der Waals surface area (Å²) in [5.41, 5.74) is 1.34. The Kier molecular flexibility index (Phi) is 5.86. The Hall–Kier alpha value is -3.36. The molecule has 0 saturated carbocycles. The standard InChI is InChI=1S/C20H19F3N4O2/c1-3-26(4-2)19(28)18-24-13-27(25-18)15-9-7-8-14(12-15)16-10-5-6-11-17(16)29-20(21,22)23/h5-13H,3-4H2,1-2H3. The Morgan fingerprint density at radius 3 is 2.52 bits per heavy atom. The topological polar surface area (TPSA) is 60.2 Å². The molecule has 0 aliphatic carbocycles. The molecule has 0 aliphatic rings. The van der Waals surface area contributed by atoms with Gasteiger partial charge in [-0.1, -0.05) is 30.3 Å². The summed E-state index contributed by atoms with van der Waals surface area (Å²) in [6, 6.07) is 12.6. The van der Waals surface area contributed by atoms with E-state index in [1.807, 2.05) is 13.8 Å². The summed E-state index contributed by atoms with van der Waals surface area (Å²) in [6.45, 7) is 4.80. The van der Waals surface area contributed by atoms with E-state index in [4.69, 9.17) is 0 Å². The van der Waals surface area contributed by atoms with Crippen LogP contribution in [-0.2, 0) is 0 Å². The fraction of sp³-hybridized carbons (Fsp3) is 0.250. The van der Waals surface area contributed by atoms with Crippen molar-refractivity contribution in [2.45, 2.75) is 20.2 Å². The van der Waals surface area contributed by atoms with Crippen molar-refractivity contribution in [3.63, 3.8) is 0 Å². The molecule has 0 fully saturated rings. The average molecular weight is 404 g/mol. The first-order valence-corrected chi connectivity index (χ1v) is 8.99.